The summed E-state index contributed by atoms with van der Waals surface area (Å²) in [6.45, 7) is 2.30. The van der Waals surface area contributed by atoms with Crippen molar-refractivity contribution >= 4 is 11.8 Å². The van der Waals surface area contributed by atoms with Crippen LogP contribution in [0, 0.1) is 11.7 Å². The minimum Gasteiger partial charge on any atom is -0.307 e. The van der Waals surface area contributed by atoms with Gasteiger partial charge in [0.25, 0.3) is 0 Å². The third kappa shape index (κ3) is 3.20. The van der Waals surface area contributed by atoms with E-state index in [2.05, 4.69) is 12.2 Å². The normalized spacial score (nSPS) is 30.0. The van der Waals surface area contributed by atoms with Gasteiger partial charge in [0.2, 0.25) is 0 Å². The van der Waals surface area contributed by atoms with Gasteiger partial charge in [-0.05, 0) is 54.7 Å². The Kier molecular flexibility index (Phi) is 4.67. The summed E-state index contributed by atoms with van der Waals surface area (Å²) in [5.74, 6) is 1.92. The Morgan fingerprint density at radius 1 is 1.30 bits per heavy atom. The van der Waals surface area contributed by atoms with Crippen LogP contribution >= 0.6 is 11.8 Å². The monoisotopic (exact) mass is 293 g/mol. The minimum absolute atomic E-state index is 0.104. The predicted molar refractivity (Wildman–Crippen MR) is 83.7 cm³/mol. The second kappa shape index (κ2) is 6.48. The van der Waals surface area contributed by atoms with Gasteiger partial charge >= 0.3 is 0 Å². The van der Waals surface area contributed by atoms with Crippen molar-refractivity contribution in [2.24, 2.45) is 5.92 Å². The third-order valence-electron chi connectivity index (χ3n) is 4.81. The quantitative estimate of drug-likeness (QED) is 0.849. The molecule has 1 heterocycles. The number of benzene rings is 1. The van der Waals surface area contributed by atoms with E-state index in [1.807, 2.05) is 17.8 Å². The predicted octanol–water partition coefficient (Wildman–Crippen LogP) is 4.92. The van der Waals surface area contributed by atoms with Crippen LogP contribution in [0.25, 0.3) is 0 Å². The van der Waals surface area contributed by atoms with Gasteiger partial charge in [-0.2, -0.15) is 0 Å². The molecule has 1 nitrogen and oxygen atoms in total. The molecule has 1 N–H and O–H groups in total. The maximum absolute atomic E-state index is 13.5. The molecule has 0 amide bonds. The van der Waals surface area contributed by atoms with Crippen molar-refractivity contribution in [3.8, 4) is 0 Å². The Labute approximate surface area is 125 Å². The lowest BCUT2D eigenvalue weighted by Gasteiger charge is -2.34. The molecule has 0 spiro atoms. The highest BCUT2D eigenvalue weighted by molar-refractivity contribution is 7.99. The largest absolute Gasteiger partial charge is 0.307 e. The number of fused-ring (bicyclic) bond motifs is 1. The first-order valence-corrected chi connectivity index (χ1v) is 8.93. The molecule has 0 aromatic heterocycles. The smallest absolute Gasteiger partial charge is 0.123 e. The van der Waals surface area contributed by atoms with Gasteiger partial charge in [0.15, 0.2) is 0 Å². The summed E-state index contributed by atoms with van der Waals surface area (Å²) in [4.78, 5) is 1.26. The van der Waals surface area contributed by atoms with Crippen molar-refractivity contribution in [2.45, 2.75) is 62.4 Å². The molecule has 1 aliphatic carbocycles. The standard InChI is InChI=1S/C17H24FNS/c1-2-12-4-3-5-14(10-12)19-16-8-9-20-17-7-6-13(18)11-15(16)17/h6-7,11-12,14,16,19H,2-5,8-10H2,1H3. The lowest BCUT2D eigenvalue weighted by atomic mass is 9.83. The van der Waals surface area contributed by atoms with Crippen LogP contribution in [0.1, 0.15) is 57.1 Å². The Balaban J connectivity index is 1.71. The Morgan fingerprint density at radius 2 is 2.20 bits per heavy atom. The average molecular weight is 293 g/mol. The highest BCUT2D eigenvalue weighted by atomic mass is 32.2. The van der Waals surface area contributed by atoms with Crippen LogP contribution in [0.4, 0.5) is 4.39 Å². The van der Waals surface area contributed by atoms with Crippen LogP contribution in [0.2, 0.25) is 0 Å². The van der Waals surface area contributed by atoms with E-state index in [9.17, 15) is 4.39 Å². The number of hydrogen-bond donors (Lipinski definition) is 1. The van der Waals surface area contributed by atoms with Crippen molar-refractivity contribution in [3.05, 3.63) is 29.6 Å². The summed E-state index contributed by atoms with van der Waals surface area (Å²) in [5, 5.41) is 3.83. The Bertz CT molecular complexity index is 462. The summed E-state index contributed by atoms with van der Waals surface area (Å²) in [6, 6.07) is 6.24. The molecule has 3 rings (SSSR count). The van der Waals surface area contributed by atoms with Crippen molar-refractivity contribution in [1.29, 1.82) is 0 Å². The molecule has 1 saturated carbocycles. The molecule has 1 aliphatic heterocycles. The maximum atomic E-state index is 13.5. The summed E-state index contributed by atoms with van der Waals surface area (Å²) >= 11 is 1.86. The van der Waals surface area contributed by atoms with Crippen LogP contribution in [-0.2, 0) is 0 Å². The van der Waals surface area contributed by atoms with Crippen LogP contribution < -0.4 is 5.32 Å². The second-order valence-corrected chi connectivity index (χ2v) is 7.31. The summed E-state index contributed by atoms with van der Waals surface area (Å²) in [5.41, 5.74) is 1.18. The van der Waals surface area contributed by atoms with Gasteiger partial charge in [-0.25, -0.2) is 4.39 Å². The molecule has 0 saturated heterocycles. The molecular weight excluding hydrogens is 269 g/mol. The Hall–Kier alpha value is -0.540. The van der Waals surface area contributed by atoms with Crippen molar-refractivity contribution < 1.29 is 4.39 Å². The first-order valence-electron chi connectivity index (χ1n) is 7.94. The SMILES string of the molecule is CCC1CCCC(NC2CCSc3ccc(F)cc32)C1. The average Bonchev–Trinajstić information content (AvgIpc) is 2.48. The van der Waals surface area contributed by atoms with Gasteiger partial charge in [0.05, 0.1) is 0 Å². The maximum Gasteiger partial charge on any atom is 0.123 e. The topological polar surface area (TPSA) is 12.0 Å². The van der Waals surface area contributed by atoms with Crippen LogP contribution in [0.5, 0.6) is 0 Å². The number of thioether (sulfide) groups is 1. The van der Waals surface area contributed by atoms with E-state index in [-0.39, 0.29) is 5.82 Å². The molecular formula is C17H24FNS. The molecule has 20 heavy (non-hydrogen) atoms. The van der Waals surface area contributed by atoms with Crippen LogP contribution in [0.3, 0.4) is 0 Å². The fraction of sp³-hybridized carbons (Fsp3) is 0.647. The van der Waals surface area contributed by atoms with Gasteiger partial charge in [-0.1, -0.05) is 26.2 Å². The van der Waals surface area contributed by atoms with Gasteiger partial charge in [0, 0.05) is 17.0 Å². The van der Waals surface area contributed by atoms with E-state index in [0.717, 1.165) is 18.1 Å². The van der Waals surface area contributed by atoms with Gasteiger partial charge < -0.3 is 5.32 Å². The van der Waals surface area contributed by atoms with E-state index in [1.165, 1.54) is 42.6 Å². The van der Waals surface area contributed by atoms with Crippen LogP contribution in [0.15, 0.2) is 23.1 Å². The highest BCUT2D eigenvalue weighted by Crippen LogP contribution is 2.38. The van der Waals surface area contributed by atoms with Gasteiger partial charge in [-0.3, -0.25) is 0 Å². The lowest BCUT2D eigenvalue weighted by Crippen LogP contribution is -2.38. The van der Waals surface area contributed by atoms with E-state index >= 15 is 0 Å². The molecule has 0 bridgehead atoms. The summed E-state index contributed by atoms with van der Waals surface area (Å²) in [7, 11) is 0. The highest BCUT2D eigenvalue weighted by Gasteiger charge is 2.26. The fourth-order valence-electron chi connectivity index (χ4n) is 3.64. The lowest BCUT2D eigenvalue weighted by molar-refractivity contribution is 0.259. The van der Waals surface area contributed by atoms with Gasteiger partial charge in [0.1, 0.15) is 5.82 Å². The fourth-order valence-corrected chi connectivity index (χ4v) is 4.74. The number of nitrogens with one attached hydrogen (secondary N) is 1. The van der Waals surface area contributed by atoms with E-state index < -0.39 is 0 Å². The summed E-state index contributed by atoms with van der Waals surface area (Å²) < 4.78 is 13.5. The molecule has 3 unspecified atom stereocenters. The zero-order chi connectivity index (χ0) is 13.9. The number of halogens is 1. The zero-order valence-electron chi connectivity index (χ0n) is 12.2. The molecule has 0 radical (unpaired) electrons. The molecule has 3 heteroatoms. The van der Waals surface area contributed by atoms with E-state index in [4.69, 9.17) is 0 Å². The van der Waals surface area contributed by atoms with E-state index in [1.54, 1.807) is 12.1 Å². The first-order chi connectivity index (χ1) is 9.76. The molecule has 2 aliphatic rings. The number of rotatable bonds is 3. The molecule has 110 valence electrons. The molecule has 1 fully saturated rings. The molecule has 3 atom stereocenters. The minimum atomic E-state index is -0.104. The zero-order valence-corrected chi connectivity index (χ0v) is 13.0. The third-order valence-corrected chi connectivity index (χ3v) is 5.93. The second-order valence-electron chi connectivity index (χ2n) is 6.18. The van der Waals surface area contributed by atoms with Gasteiger partial charge in [-0.15, -0.1) is 11.8 Å². The van der Waals surface area contributed by atoms with Crippen LogP contribution in [-0.4, -0.2) is 11.8 Å². The van der Waals surface area contributed by atoms with Crippen molar-refractivity contribution in [1.82, 2.24) is 5.32 Å². The Morgan fingerprint density at radius 3 is 3.05 bits per heavy atom. The molecule has 1 aromatic rings. The molecule has 1 aromatic carbocycles. The van der Waals surface area contributed by atoms with Crippen molar-refractivity contribution in [2.75, 3.05) is 5.75 Å². The first kappa shape index (κ1) is 14.4. The summed E-state index contributed by atoms with van der Waals surface area (Å²) in [6.07, 6.45) is 7.72. The number of hydrogen-bond acceptors (Lipinski definition) is 2. The van der Waals surface area contributed by atoms with E-state index in [0.29, 0.717) is 12.1 Å². The van der Waals surface area contributed by atoms with Crippen molar-refractivity contribution in [3.63, 3.8) is 0 Å².